The molecule has 2 rings (SSSR count). The van der Waals surface area contributed by atoms with Gasteiger partial charge in [0.15, 0.2) is 5.11 Å². The summed E-state index contributed by atoms with van der Waals surface area (Å²) in [5, 5.41) is 10.8. The molecule has 0 atom stereocenters. The van der Waals surface area contributed by atoms with Gasteiger partial charge in [0, 0.05) is 16.8 Å². The van der Waals surface area contributed by atoms with Gasteiger partial charge in [-0.3, -0.25) is 5.32 Å². The quantitative estimate of drug-likeness (QED) is 0.587. The lowest BCUT2D eigenvalue weighted by atomic mass is 10.3. The molecule has 0 saturated carbocycles. The van der Waals surface area contributed by atoms with E-state index in [-0.39, 0.29) is 0 Å². The minimum Gasteiger partial charge on any atom is -0.359 e. The molecule has 2 aromatic rings. The van der Waals surface area contributed by atoms with Crippen molar-refractivity contribution in [2.24, 2.45) is 0 Å². The molecule has 0 saturated heterocycles. The lowest BCUT2D eigenvalue weighted by Crippen LogP contribution is -2.33. The monoisotopic (exact) mass is 307 g/mol. The fraction of sp³-hybridized carbons (Fsp3) is 0.143. The first-order valence-corrected chi connectivity index (χ1v) is 7.04. The maximum Gasteiger partial charge on any atom is 0.272 e. The standard InChI is InChI=1S/C14H15ClN4S/c15-11-4-6-12(7-5-11)19-14(20)18-10-9-17-13-3-1-2-8-16-13/h1-8H,9-10H2,(H,16,17)(H2,18,19,20)/p+1. The Morgan fingerprint density at radius 2 is 1.90 bits per heavy atom. The highest BCUT2D eigenvalue weighted by Gasteiger charge is 2.00. The second-order valence-corrected chi connectivity index (χ2v) is 4.94. The maximum absolute atomic E-state index is 5.82. The molecule has 0 unspecified atom stereocenters. The molecule has 104 valence electrons. The molecular weight excluding hydrogens is 292 g/mol. The third-order valence-electron chi connectivity index (χ3n) is 2.54. The van der Waals surface area contributed by atoms with Crippen LogP contribution in [0.3, 0.4) is 0 Å². The van der Waals surface area contributed by atoms with E-state index in [1.807, 2.05) is 48.7 Å². The van der Waals surface area contributed by atoms with Crippen LogP contribution in [0.5, 0.6) is 0 Å². The first kappa shape index (κ1) is 14.6. The number of anilines is 2. The fourth-order valence-corrected chi connectivity index (χ4v) is 1.93. The molecule has 0 aliphatic carbocycles. The van der Waals surface area contributed by atoms with Crippen molar-refractivity contribution in [3.8, 4) is 0 Å². The van der Waals surface area contributed by atoms with E-state index in [1.165, 1.54) is 0 Å². The Kier molecular flexibility index (Phi) is 5.58. The molecule has 0 aliphatic rings. The van der Waals surface area contributed by atoms with Crippen molar-refractivity contribution in [1.29, 1.82) is 0 Å². The first-order valence-electron chi connectivity index (χ1n) is 6.25. The predicted octanol–water partition coefficient (Wildman–Crippen LogP) is 2.55. The van der Waals surface area contributed by atoms with E-state index in [4.69, 9.17) is 23.8 Å². The number of aromatic nitrogens is 1. The van der Waals surface area contributed by atoms with Gasteiger partial charge in [0.25, 0.3) is 5.82 Å². The highest BCUT2D eigenvalue weighted by molar-refractivity contribution is 7.80. The van der Waals surface area contributed by atoms with Crippen molar-refractivity contribution < 1.29 is 4.98 Å². The third-order valence-corrected chi connectivity index (χ3v) is 3.04. The molecule has 0 radical (unpaired) electrons. The van der Waals surface area contributed by atoms with Gasteiger partial charge in [-0.1, -0.05) is 17.7 Å². The lowest BCUT2D eigenvalue weighted by molar-refractivity contribution is -0.361. The molecule has 1 heterocycles. The summed E-state index contributed by atoms with van der Waals surface area (Å²) < 4.78 is 0. The van der Waals surface area contributed by atoms with E-state index in [1.54, 1.807) is 0 Å². The van der Waals surface area contributed by atoms with Gasteiger partial charge in [-0.2, -0.15) is 0 Å². The summed E-state index contributed by atoms with van der Waals surface area (Å²) in [7, 11) is 0. The number of H-pyrrole nitrogens is 1. The molecule has 4 N–H and O–H groups in total. The Hall–Kier alpha value is -1.85. The second kappa shape index (κ2) is 7.67. The van der Waals surface area contributed by atoms with Crippen molar-refractivity contribution in [2.75, 3.05) is 23.7 Å². The number of hydrogen-bond donors (Lipinski definition) is 3. The summed E-state index contributed by atoms with van der Waals surface area (Å²) in [5.41, 5.74) is 0.913. The zero-order chi connectivity index (χ0) is 14.2. The van der Waals surface area contributed by atoms with Gasteiger partial charge in [-0.05, 0) is 42.5 Å². The summed E-state index contributed by atoms with van der Waals surface area (Å²) in [6.45, 7) is 1.49. The summed E-state index contributed by atoms with van der Waals surface area (Å²) >= 11 is 11.0. The fourth-order valence-electron chi connectivity index (χ4n) is 1.59. The second-order valence-electron chi connectivity index (χ2n) is 4.09. The van der Waals surface area contributed by atoms with Crippen LogP contribution < -0.4 is 20.9 Å². The summed E-state index contributed by atoms with van der Waals surface area (Å²) in [6.07, 6.45) is 1.88. The number of benzene rings is 1. The van der Waals surface area contributed by atoms with E-state index in [2.05, 4.69) is 20.9 Å². The average molecular weight is 308 g/mol. The number of nitrogens with one attached hydrogen (secondary N) is 4. The molecule has 6 heteroatoms. The van der Waals surface area contributed by atoms with Gasteiger partial charge in [0.05, 0.1) is 12.7 Å². The number of pyridine rings is 1. The van der Waals surface area contributed by atoms with Gasteiger partial charge in [0.2, 0.25) is 0 Å². The molecule has 0 spiro atoms. The SMILES string of the molecule is S=C(NCCNc1cccc[nH+]1)Nc1ccc(Cl)cc1. The van der Waals surface area contributed by atoms with Gasteiger partial charge in [-0.25, -0.2) is 4.98 Å². The van der Waals surface area contributed by atoms with E-state index >= 15 is 0 Å². The number of thiocarbonyl (C=S) groups is 1. The number of halogens is 1. The molecule has 0 fully saturated rings. The van der Waals surface area contributed by atoms with Crippen molar-refractivity contribution in [3.63, 3.8) is 0 Å². The van der Waals surface area contributed by atoms with Crippen LogP contribution in [-0.2, 0) is 0 Å². The van der Waals surface area contributed by atoms with Crippen LogP contribution in [0.2, 0.25) is 5.02 Å². The van der Waals surface area contributed by atoms with E-state index in [0.29, 0.717) is 10.1 Å². The molecule has 1 aromatic heterocycles. The molecule has 20 heavy (non-hydrogen) atoms. The van der Waals surface area contributed by atoms with E-state index in [9.17, 15) is 0 Å². The lowest BCUT2D eigenvalue weighted by Gasteiger charge is -2.09. The van der Waals surface area contributed by atoms with Crippen molar-refractivity contribution >= 4 is 40.4 Å². The van der Waals surface area contributed by atoms with E-state index < -0.39 is 0 Å². The summed E-state index contributed by atoms with van der Waals surface area (Å²) in [6, 6.07) is 13.3. The van der Waals surface area contributed by atoms with Crippen LogP contribution >= 0.6 is 23.8 Å². The van der Waals surface area contributed by atoms with Gasteiger partial charge >= 0.3 is 0 Å². The largest absolute Gasteiger partial charge is 0.359 e. The van der Waals surface area contributed by atoms with Crippen LogP contribution in [0.1, 0.15) is 0 Å². The molecular formula is C14H16ClN4S+. The third kappa shape index (κ3) is 5.03. The van der Waals surface area contributed by atoms with Crippen molar-refractivity contribution in [1.82, 2.24) is 5.32 Å². The highest BCUT2D eigenvalue weighted by Crippen LogP contribution is 2.12. The Morgan fingerprint density at radius 1 is 1.10 bits per heavy atom. The highest BCUT2D eigenvalue weighted by atomic mass is 35.5. The number of hydrogen-bond acceptors (Lipinski definition) is 2. The summed E-state index contributed by atoms with van der Waals surface area (Å²) in [5.74, 6) is 0.978. The maximum atomic E-state index is 5.82. The Labute approximate surface area is 128 Å². The van der Waals surface area contributed by atoms with Crippen molar-refractivity contribution in [3.05, 3.63) is 53.7 Å². The Balaban J connectivity index is 1.66. The number of rotatable bonds is 5. The topological polar surface area (TPSA) is 50.2 Å². The first-order chi connectivity index (χ1) is 9.74. The van der Waals surface area contributed by atoms with Gasteiger partial charge in [-0.15, -0.1) is 0 Å². The van der Waals surface area contributed by atoms with Gasteiger partial charge in [0.1, 0.15) is 6.54 Å². The molecule has 0 amide bonds. The van der Waals surface area contributed by atoms with Crippen LogP contribution in [0.25, 0.3) is 0 Å². The molecule has 1 aromatic carbocycles. The zero-order valence-corrected chi connectivity index (χ0v) is 12.4. The smallest absolute Gasteiger partial charge is 0.272 e. The average Bonchev–Trinajstić information content (AvgIpc) is 2.47. The normalized spacial score (nSPS) is 9.85. The molecule has 0 aliphatic heterocycles. The molecule has 4 nitrogen and oxygen atoms in total. The minimum absolute atomic E-state index is 0.589. The molecule has 0 bridgehead atoms. The van der Waals surface area contributed by atoms with Crippen LogP contribution in [0.4, 0.5) is 11.5 Å². The Morgan fingerprint density at radius 3 is 2.60 bits per heavy atom. The zero-order valence-electron chi connectivity index (χ0n) is 10.8. The van der Waals surface area contributed by atoms with E-state index in [0.717, 1.165) is 24.6 Å². The Bertz CT molecular complexity index is 545. The van der Waals surface area contributed by atoms with Crippen molar-refractivity contribution in [2.45, 2.75) is 0 Å². The predicted molar refractivity (Wildman–Crippen MR) is 87.2 cm³/mol. The van der Waals surface area contributed by atoms with Crippen LogP contribution in [0, 0.1) is 0 Å². The van der Waals surface area contributed by atoms with Crippen LogP contribution in [-0.4, -0.2) is 18.2 Å². The number of aromatic amines is 1. The minimum atomic E-state index is 0.589. The summed E-state index contributed by atoms with van der Waals surface area (Å²) in [4.78, 5) is 3.10. The van der Waals surface area contributed by atoms with Gasteiger partial charge < -0.3 is 10.6 Å². The van der Waals surface area contributed by atoms with Crippen LogP contribution in [0.15, 0.2) is 48.7 Å².